The number of hydrogen-bond donors (Lipinski definition) is 0. The Morgan fingerprint density at radius 1 is 1.57 bits per heavy atom. The van der Waals surface area contributed by atoms with Gasteiger partial charge < -0.3 is 9.64 Å². The number of nitrogens with zero attached hydrogens (tertiary/aromatic N) is 2. The Kier molecular flexibility index (Phi) is 4.53. The molecule has 0 spiro atoms. The summed E-state index contributed by atoms with van der Waals surface area (Å²) in [5, 5.41) is 0. The molecule has 78 valence electrons. The smallest absolute Gasteiger partial charge is 0.214 e. The average molecular weight is 215 g/mol. The van der Waals surface area contributed by atoms with Crippen LogP contribution < -0.4 is 9.64 Å². The van der Waals surface area contributed by atoms with Gasteiger partial charge >= 0.3 is 0 Å². The van der Waals surface area contributed by atoms with Crippen LogP contribution in [-0.4, -0.2) is 31.1 Å². The highest BCUT2D eigenvalue weighted by molar-refractivity contribution is 6.18. The number of anilines is 1. The summed E-state index contributed by atoms with van der Waals surface area (Å²) in [7, 11) is 1.62. The maximum absolute atomic E-state index is 5.71. The van der Waals surface area contributed by atoms with E-state index in [1.807, 2.05) is 12.1 Å². The molecule has 0 N–H and O–H groups in total. The molecule has 0 amide bonds. The van der Waals surface area contributed by atoms with Gasteiger partial charge in [0.25, 0.3) is 0 Å². The van der Waals surface area contributed by atoms with Gasteiger partial charge in [-0.3, -0.25) is 0 Å². The van der Waals surface area contributed by atoms with Crippen LogP contribution in [0.4, 0.5) is 5.69 Å². The average Bonchev–Trinajstić information content (AvgIpc) is 2.26. The molecule has 0 aliphatic heterocycles. The number of methoxy groups -OCH3 is 1. The lowest BCUT2D eigenvalue weighted by atomic mass is 10.3. The Morgan fingerprint density at radius 3 is 2.93 bits per heavy atom. The molecule has 0 atom stereocenters. The minimum atomic E-state index is 0.623. The summed E-state index contributed by atoms with van der Waals surface area (Å²) in [4.78, 5) is 6.23. The van der Waals surface area contributed by atoms with E-state index in [4.69, 9.17) is 16.3 Å². The summed E-state index contributed by atoms with van der Waals surface area (Å²) >= 11 is 5.71. The number of alkyl halides is 1. The maximum atomic E-state index is 5.71. The summed E-state index contributed by atoms with van der Waals surface area (Å²) in [6.07, 6.45) is 1.74. The van der Waals surface area contributed by atoms with Gasteiger partial charge in [-0.15, -0.1) is 11.6 Å². The summed E-state index contributed by atoms with van der Waals surface area (Å²) in [5.74, 6) is 1.26. The minimum absolute atomic E-state index is 0.623. The van der Waals surface area contributed by atoms with Crippen molar-refractivity contribution in [1.29, 1.82) is 0 Å². The van der Waals surface area contributed by atoms with Crippen LogP contribution in [0, 0.1) is 0 Å². The molecule has 1 aromatic rings. The van der Waals surface area contributed by atoms with Crippen LogP contribution in [0.3, 0.4) is 0 Å². The molecule has 1 heterocycles. The Balaban J connectivity index is 2.80. The molecule has 0 radical (unpaired) electrons. The summed E-state index contributed by atoms with van der Waals surface area (Å²) in [6.45, 7) is 3.87. The molecule has 1 aromatic heterocycles. The van der Waals surface area contributed by atoms with Crippen molar-refractivity contribution in [1.82, 2.24) is 4.98 Å². The summed E-state index contributed by atoms with van der Waals surface area (Å²) in [5.41, 5.74) is 1.10. The molecular weight excluding hydrogens is 200 g/mol. The normalized spacial score (nSPS) is 9.93. The molecule has 0 unspecified atom stereocenters. The maximum Gasteiger partial charge on any atom is 0.214 e. The third kappa shape index (κ3) is 2.77. The fourth-order valence-electron chi connectivity index (χ4n) is 1.28. The Bertz CT molecular complexity index is 281. The van der Waals surface area contributed by atoms with Crippen molar-refractivity contribution in [2.24, 2.45) is 0 Å². The molecule has 3 nitrogen and oxygen atoms in total. The third-order valence-corrected chi connectivity index (χ3v) is 2.20. The van der Waals surface area contributed by atoms with Gasteiger partial charge in [-0.05, 0) is 13.0 Å². The number of pyridine rings is 1. The zero-order chi connectivity index (χ0) is 10.4. The molecule has 0 aliphatic rings. The Labute approximate surface area is 89.7 Å². The van der Waals surface area contributed by atoms with Gasteiger partial charge in [0.2, 0.25) is 5.88 Å². The summed E-state index contributed by atoms with van der Waals surface area (Å²) < 4.78 is 5.06. The number of hydrogen-bond acceptors (Lipinski definition) is 3. The second-order valence-electron chi connectivity index (χ2n) is 2.83. The highest BCUT2D eigenvalue weighted by atomic mass is 35.5. The van der Waals surface area contributed by atoms with E-state index in [9.17, 15) is 0 Å². The van der Waals surface area contributed by atoms with Crippen LogP contribution in [0.25, 0.3) is 0 Å². The van der Waals surface area contributed by atoms with Crippen molar-refractivity contribution < 1.29 is 4.74 Å². The highest BCUT2D eigenvalue weighted by Gasteiger charge is 2.04. The van der Waals surface area contributed by atoms with E-state index in [1.165, 1.54) is 0 Å². The molecule has 1 rings (SSSR count). The first kappa shape index (κ1) is 11.1. The van der Waals surface area contributed by atoms with Crippen LogP contribution in [-0.2, 0) is 0 Å². The standard InChI is InChI=1S/C10H15ClN2O/c1-3-13(7-5-11)9-4-6-12-10(8-9)14-2/h4,6,8H,3,5,7H2,1-2H3. The zero-order valence-electron chi connectivity index (χ0n) is 8.53. The molecule has 0 aliphatic carbocycles. The van der Waals surface area contributed by atoms with E-state index in [0.717, 1.165) is 18.8 Å². The van der Waals surface area contributed by atoms with Crippen LogP contribution >= 0.6 is 11.6 Å². The van der Waals surface area contributed by atoms with Crippen molar-refractivity contribution in [3.05, 3.63) is 18.3 Å². The van der Waals surface area contributed by atoms with Crippen molar-refractivity contribution in [2.75, 3.05) is 31.0 Å². The van der Waals surface area contributed by atoms with E-state index >= 15 is 0 Å². The van der Waals surface area contributed by atoms with Gasteiger partial charge in [0, 0.05) is 36.9 Å². The molecule has 0 aromatic carbocycles. The molecule has 0 fully saturated rings. The molecule has 0 saturated carbocycles. The Hall–Kier alpha value is -0.960. The first-order chi connectivity index (χ1) is 6.81. The molecule has 4 heteroatoms. The predicted molar refractivity (Wildman–Crippen MR) is 59.4 cm³/mol. The number of rotatable bonds is 5. The highest BCUT2D eigenvalue weighted by Crippen LogP contribution is 2.17. The van der Waals surface area contributed by atoms with Crippen LogP contribution in [0.1, 0.15) is 6.92 Å². The van der Waals surface area contributed by atoms with Crippen LogP contribution in [0.5, 0.6) is 5.88 Å². The largest absolute Gasteiger partial charge is 0.481 e. The molecule has 0 saturated heterocycles. The van der Waals surface area contributed by atoms with E-state index in [1.54, 1.807) is 13.3 Å². The van der Waals surface area contributed by atoms with Gasteiger partial charge in [-0.25, -0.2) is 4.98 Å². The van der Waals surface area contributed by atoms with E-state index in [-0.39, 0.29) is 0 Å². The second-order valence-corrected chi connectivity index (χ2v) is 3.20. The van der Waals surface area contributed by atoms with Crippen molar-refractivity contribution >= 4 is 17.3 Å². The van der Waals surface area contributed by atoms with Gasteiger partial charge in [-0.2, -0.15) is 0 Å². The molecule has 14 heavy (non-hydrogen) atoms. The lowest BCUT2D eigenvalue weighted by Crippen LogP contribution is -2.24. The summed E-state index contributed by atoms with van der Waals surface area (Å²) in [6, 6.07) is 3.87. The number of halogens is 1. The SMILES string of the molecule is CCN(CCCl)c1ccnc(OC)c1. The van der Waals surface area contributed by atoms with Crippen molar-refractivity contribution in [2.45, 2.75) is 6.92 Å². The van der Waals surface area contributed by atoms with E-state index in [0.29, 0.717) is 11.8 Å². The quantitative estimate of drug-likeness (QED) is 0.703. The lowest BCUT2D eigenvalue weighted by Gasteiger charge is -2.21. The fourth-order valence-corrected chi connectivity index (χ4v) is 1.48. The second kappa shape index (κ2) is 5.70. The van der Waals surface area contributed by atoms with Gasteiger partial charge in [-0.1, -0.05) is 0 Å². The topological polar surface area (TPSA) is 25.4 Å². The monoisotopic (exact) mass is 214 g/mol. The molecular formula is C10H15ClN2O. The zero-order valence-corrected chi connectivity index (χ0v) is 9.29. The number of ether oxygens (including phenoxy) is 1. The number of aromatic nitrogens is 1. The first-order valence-electron chi connectivity index (χ1n) is 4.62. The van der Waals surface area contributed by atoms with Crippen LogP contribution in [0.15, 0.2) is 18.3 Å². The fraction of sp³-hybridized carbons (Fsp3) is 0.500. The van der Waals surface area contributed by atoms with E-state index < -0.39 is 0 Å². The third-order valence-electron chi connectivity index (χ3n) is 2.03. The van der Waals surface area contributed by atoms with E-state index in [2.05, 4.69) is 16.8 Å². The molecule has 0 bridgehead atoms. The van der Waals surface area contributed by atoms with Gasteiger partial charge in [0.1, 0.15) is 0 Å². The lowest BCUT2D eigenvalue weighted by molar-refractivity contribution is 0.398. The van der Waals surface area contributed by atoms with Gasteiger partial charge in [0.15, 0.2) is 0 Å². The van der Waals surface area contributed by atoms with Crippen LogP contribution in [0.2, 0.25) is 0 Å². The first-order valence-corrected chi connectivity index (χ1v) is 5.16. The Morgan fingerprint density at radius 2 is 2.36 bits per heavy atom. The van der Waals surface area contributed by atoms with Crippen molar-refractivity contribution in [3.63, 3.8) is 0 Å². The predicted octanol–water partition coefficient (Wildman–Crippen LogP) is 2.16. The minimum Gasteiger partial charge on any atom is -0.481 e. The van der Waals surface area contributed by atoms with Gasteiger partial charge in [0.05, 0.1) is 7.11 Å². The van der Waals surface area contributed by atoms with Crippen molar-refractivity contribution in [3.8, 4) is 5.88 Å².